The van der Waals surface area contributed by atoms with Gasteiger partial charge >= 0.3 is 0 Å². The SMILES string of the molecule is Cc1cccc(NC(=O)c2cc(NC3CCCCCC3)ncn2)c1. The Kier molecular flexibility index (Phi) is 5.41. The number of carbonyl (C=O) groups excluding carboxylic acids is 1. The number of aryl methyl sites for hydroxylation is 1. The number of nitrogens with zero attached hydrogens (tertiary/aromatic N) is 2. The van der Waals surface area contributed by atoms with Gasteiger partial charge in [0.1, 0.15) is 17.8 Å². The van der Waals surface area contributed by atoms with Crippen molar-refractivity contribution in [1.29, 1.82) is 0 Å². The second kappa shape index (κ2) is 7.90. The molecule has 3 rings (SSSR count). The van der Waals surface area contributed by atoms with Gasteiger partial charge in [0.15, 0.2) is 0 Å². The average Bonchev–Trinajstić information content (AvgIpc) is 2.84. The van der Waals surface area contributed by atoms with Crippen LogP contribution in [0.3, 0.4) is 0 Å². The van der Waals surface area contributed by atoms with Crippen molar-refractivity contribution in [3.63, 3.8) is 0 Å². The average molecular weight is 324 g/mol. The summed E-state index contributed by atoms with van der Waals surface area (Å²) in [5, 5.41) is 6.34. The summed E-state index contributed by atoms with van der Waals surface area (Å²) in [6.45, 7) is 2.00. The molecule has 0 unspecified atom stereocenters. The standard InChI is InChI=1S/C19H24N4O/c1-14-7-6-10-16(11-14)23-19(24)17-12-18(21-13-20-17)22-15-8-4-2-3-5-9-15/h6-7,10-13,15H,2-5,8-9H2,1H3,(H,23,24)(H,20,21,22). The van der Waals surface area contributed by atoms with E-state index in [1.165, 1.54) is 32.0 Å². The van der Waals surface area contributed by atoms with Crippen molar-refractivity contribution in [2.24, 2.45) is 0 Å². The predicted molar refractivity (Wildman–Crippen MR) is 96.3 cm³/mol. The Morgan fingerprint density at radius 2 is 1.88 bits per heavy atom. The van der Waals surface area contributed by atoms with E-state index in [0.29, 0.717) is 11.7 Å². The van der Waals surface area contributed by atoms with E-state index >= 15 is 0 Å². The molecule has 0 bridgehead atoms. The van der Waals surface area contributed by atoms with Crippen LogP contribution in [0.1, 0.15) is 54.6 Å². The molecule has 1 saturated carbocycles. The van der Waals surface area contributed by atoms with E-state index in [2.05, 4.69) is 20.6 Å². The molecule has 1 amide bonds. The van der Waals surface area contributed by atoms with Crippen LogP contribution in [0.4, 0.5) is 11.5 Å². The lowest BCUT2D eigenvalue weighted by Gasteiger charge is -2.17. The summed E-state index contributed by atoms with van der Waals surface area (Å²) in [5.74, 6) is 0.512. The highest BCUT2D eigenvalue weighted by Crippen LogP contribution is 2.20. The second-order valence-corrected chi connectivity index (χ2v) is 6.44. The normalized spacial score (nSPS) is 15.5. The first-order valence-electron chi connectivity index (χ1n) is 8.67. The molecule has 24 heavy (non-hydrogen) atoms. The summed E-state index contributed by atoms with van der Waals surface area (Å²) >= 11 is 0. The van der Waals surface area contributed by atoms with Crippen LogP contribution in [0.2, 0.25) is 0 Å². The number of anilines is 2. The van der Waals surface area contributed by atoms with Gasteiger partial charge in [-0.1, -0.05) is 37.8 Å². The van der Waals surface area contributed by atoms with Gasteiger partial charge in [0.2, 0.25) is 0 Å². The van der Waals surface area contributed by atoms with Crippen LogP contribution in [-0.2, 0) is 0 Å². The first-order chi connectivity index (χ1) is 11.7. The van der Waals surface area contributed by atoms with Crippen molar-refractivity contribution in [1.82, 2.24) is 9.97 Å². The molecule has 1 heterocycles. The first-order valence-corrected chi connectivity index (χ1v) is 8.67. The number of rotatable bonds is 4. The molecule has 1 aliphatic carbocycles. The van der Waals surface area contributed by atoms with Gasteiger partial charge in [-0.15, -0.1) is 0 Å². The molecule has 0 radical (unpaired) electrons. The van der Waals surface area contributed by atoms with Crippen molar-refractivity contribution in [2.45, 2.75) is 51.5 Å². The van der Waals surface area contributed by atoms with E-state index < -0.39 is 0 Å². The highest BCUT2D eigenvalue weighted by Gasteiger charge is 2.14. The van der Waals surface area contributed by atoms with Crippen LogP contribution in [0.5, 0.6) is 0 Å². The predicted octanol–water partition coefficient (Wildman–Crippen LogP) is 4.17. The highest BCUT2D eigenvalue weighted by molar-refractivity contribution is 6.03. The van der Waals surface area contributed by atoms with Crippen molar-refractivity contribution < 1.29 is 4.79 Å². The van der Waals surface area contributed by atoms with Crippen molar-refractivity contribution in [2.75, 3.05) is 10.6 Å². The molecule has 5 nitrogen and oxygen atoms in total. The van der Waals surface area contributed by atoms with Gasteiger partial charge in [-0.25, -0.2) is 9.97 Å². The van der Waals surface area contributed by atoms with Crippen LogP contribution in [0.15, 0.2) is 36.7 Å². The summed E-state index contributed by atoms with van der Waals surface area (Å²) < 4.78 is 0. The lowest BCUT2D eigenvalue weighted by atomic mass is 10.1. The van der Waals surface area contributed by atoms with E-state index in [1.807, 2.05) is 31.2 Å². The topological polar surface area (TPSA) is 66.9 Å². The third-order valence-corrected chi connectivity index (χ3v) is 4.38. The smallest absolute Gasteiger partial charge is 0.274 e. The molecule has 0 aliphatic heterocycles. The van der Waals surface area contributed by atoms with Crippen LogP contribution in [-0.4, -0.2) is 21.9 Å². The molecule has 1 aromatic carbocycles. The number of nitrogens with one attached hydrogen (secondary N) is 2. The Balaban J connectivity index is 1.66. The minimum atomic E-state index is -0.216. The van der Waals surface area contributed by atoms with Gasteiger partial charge in [-0.3, -0.25) is 4.79 Å². The van der Waals surface area contributed by atoms with Gasteiger partial charge in [-0.2, -0.15) is 0 Å². The molecule has 5 heteroatoms. The third kappa shape index (κ3) is 4.54. The van der Waals surface area contributed by atoms with Crippen molar-refractivity contribution >= 4 is 17.4 Å². The third-order valence-electron chi connectivity index (χ3n) is 4.38. The lowest BCUT2D eigenvalue weighted by Crippen LogP contribution is -2.20. The van der Waals surface area contributed by atoms with Gasteiger partial charge in [-0.05, 0) is 37.5 Å². The maximum Gasteiger partial charge on any atom is 0.274 e. The summed E-state index contributed by atoms with van der Waals surface area (Å²) in [6.07, 6.45) is 8.90. The van der Waals surface area contributed by atoms with Crippen LogP contribution < -0.4 is 10.6 Å². The number of hydrogen-bond acceptors (Lipinski definition) is 4. The summed E-state index contributed by atoms with van der Waals surface area (Å²) in [4.78, 5) is 20.8. The zero-order valence-electron chi connectivity index (χ0n) is 14.1. The molecule has 0 saturated heterocycles. The Labute approximate surface area is 142 Å². The fourth-order valence-electron chi connectivity index (χ4n) is 3.11. The second-order valence-electron chi connectivity index (χ2n) is 6.44. The van der Waals surface area contributed by atoms with E-state index in [1.54, 1.807) is 6.07 Å². The maximum atomic E-state index is 12.4. The van der Waals surface area contributed by atoms with Crippen molar-refractivity contribution in [3.8, 4) is 0 Å². The molecule has 2 aromatic rings. The van der Waals surface area contributed by atoms with Crippen LogP contribution in [0.25, 0.3) is 0 Å². The molecule has 1 fully saturated rings. The maximum absolute atomic E-state index is 12.4. The largest absolute Gasteiger partial charge is 0.367 e. The Morgan fingerprint density at radius 1 is 1.08 bits per heavy atom. The molecule has 126 valence electrons. The number of carbonyl (C=O) groups is 1. The Hall–Kier alpha value is -2.43. The van der Waals surface area contributed by atoms with Gasteiger partial charge in [0.25, 0.3) is 5.91 Å². The fourth-order valence-corrected chi connectivity index (χ4v) is 3.11. The highest BCUT2D eigenvalue weighted by atomic mass is 16.1. The van der Waals surface area contributed by atoms with E-state index in [-0.39, 0.29) is 5.91 Å². The molecule has 1 aromatic heterocycles. The van der Waals surface area contributed by atoms with Crippen molar-refractivity contribution in [3.05, 3.63) is 47.9 Å². The molecule has 0 atom stereocenters. The quantitative estimate of drug-likeness (QED) is 0.828. The number of hydrogen-bond donors (Lipinski definition) is 2. The molecule has 2 N–H and O–H groups in total. The Bertz CT molecular complexity index is 693. The summed E-state index contributed by atoms with van der Waals surface area (Å²) in [6, 6.07) is 9.89. The van der Waals surface area contributed by atoms with Gasteiger partial charge < -0.3 is 10.6 Å². The monoisotopic (exact) mass is 324 g/mol. The number of amides is 1. The summed E-state index contributed by atoms with van der Waals surface area (Å²) in [5.41, 5.74) is 2.26. The minimum absolute atomic E-state index is 0.216. The zero-order valence-corrected chi connectivity index (χ0v) is 14.1. The van der Waals surface area contributed by atoms with E-state index in [9.17, 15) is 4.79 Å². The minimum Gasteiger partial charge on any atom is -0.367 e. The van der Waals surface area contributed by atoms with E-state index in [0.717, 1.165) is 29.9 Å². The lowest BCUT2D eigenvalue weighted by molar-refractivity contribution is 0.102. The molecule has 1 aliphatic rings. The van der Waals surface area contributed by atoms with Crippen LogP contribution in [0, 0.1) is 6.92 Å². The molecular weight excluding hydrogens is 300 g/mol. The summed E-state index contributed by atoms with van der Waals surface area (Å²) in [7, 11) is 0. The molecule has 0 spiro atoms. The fraction of sp³-hybridized carbons (Fsp3) is 0.421. The number of aromatic nitrogens is 2. The van der Waals surface area contributed by atoms with Crippen LogP contribution >= 0.6 is 0 Å². The first kappa shape index (κ1) is 16.4. The number of benzene rings is 1. The van der Waals surface area contributed by atoms with E-state index in [4.69, 9.17) is 0 Å². The van der Waals surface area contributed by atoms with Gasteiger partial charge in [0.05, 0.1) is 0 Å². The van der Waals surface area contributed by atoms with Gasteiger partial charge in [0, 0.05) is 17.8 Å². The Morgan fingerprint density at radius 3 is 2.62 bits per heavy atom. The molecular formula is C19H24N4O. The zero-order chi connectivity index (χ0) is 16.8.